The van der Waals surface area contributed by atoms with Crippen LogP contribution in [0.1, 0.15) is 17.9 Å². The Morgan fingerprint density at radius 1 is 1.65 bits per heavy atom. The quantitative estimate of drug-likeness (QED) is 0.531. The number of pyridine rings is 1. The number of nitrogens with one attached hydrogen (secondary N) is 2. The molecule has 2 aromatic heterocycles. The Hall–Kier alpha value is -1.95. The molecule has 4 N–H and O–H groups in total. The largest absolute Gasteiger partial charge is 0.382 e. The zero-order valence-electron chi connectivity index (χ0n) is 9.23. The standard InChI is InChI=1S/C11H13N5O/c12-11(13)8-4-7-9(5-14-8)16-10(15-7)3-6-1-2-17-6/h4-6H,1-3H2,(H3,12,13)(H,15,16). The van der Waals surface area contributed by atoms with Crippen LogP contribution >= 0.6 is 0 Å². The van der Waals surface area contributed by atoms with E-state index in [9.17, 15) is 0 Å². The predicted molar refractivity (Wildman–Crippen MR) is 63.0 cm³/mol. The minimum atomic E-state index is -0.0428. The minimum absolute atomic E-state index is 0.0428. The number of imidazole rings is 1. The summed E-state index contributed by atoms with van der Waals surface area (Å²) in [5.41, 5.74) is 7.50. The topological polar surface area (TPSA) is 101 Å². The Kier molecular flexibility index (Phi) is 2.29. The normalized spacial score (nSPS) is 19.2. The summed E-state index contributed by atoms with van der Waals surface area (Å²) in [6.45, 7) is 0.848. The molecule has 0 saturated carbocycles. The number of hydrogen-bond donors (Lipinski definition) is 3. The number of nitrogens with two attached hydrogens (primary N) is 1. The lowest BCUT2D eigenvalue weighted by Gasteiger charge is -2.25. The fourth-order valence-corrected chi connectivity index (χ4v) is 1.87. The number of nitrogen functional groups attached to an aromatic ring is 1. The summed E-state index contributed by atoms with van der Waals surface area (Å²) in [6, 6.07) is 1.72. The molecule has 17 heavy (non-hydrogen) atoms. The SMILES string of the molecule is N=C(N)c1cc2nc(CC3CCO3)[nH]c2cn1. The van der Waals surface area contributed by atoms with Gasteiger partial charge in [-0.15, -0.1) is 0 Å². The highest BCUT2D eigenvalue weighted by atomic mass is 16.5. The van der Waals surface area contributed by atoms with E-state index in [1.807, 2.05) is 0 Å². The fourth-order valence-electron chi connectivity index (χ4n) is 1.87. The molecule has 1 atom stereocenters. The maximum Gasteiger partial charge on any atom is 0.141 e. The van der Waals surface area contributed by atoms with E-state index < -0.39 is 0 Å². The van der Waals surface area contributed by atoms with Gasteiger partial charge in [-0.1, -0.05) is 0 Å². The van der Waals surface area contributed by atoms with E-state index in [1.165, 1.54) is 0 Å². The molecular weight excluding hydrogens is 218 g/mol. The Balaban J connectivity index is 1.91. The van der Waals surface area contributed by atoms with E-state index in [2.05, 4.69) is 15.0 Å². The van der Waals surface area contributed by atoms with Crippen LogP contribution < -0.4 is 5.73 Å². The lowest BCUT2D eigenvalue weighted by atomic mass is 10.1. The van der Waals surface area contributed by atoms with Gasteiger partial charge in [-0.25, -0.2) is 4.98 Å². The molecule has 1 saturated heterocycles. The molecule has 1 aliphatic rings. The van der Waals surface area contributed by atoms with Crippen molar-refractivity contribution in [3.63, 3.8) is 0 Å². The molecule has 88 valence electrons. The highest BCUT2D eigenvalue weighted by Gasteiger charge is 2.20. The zero-order chi connectivity index (χ0) is 11.8. The van der Waals surface area contributed by atoms with Crippen LogP contribution in [0.5, 0.6) is 0 Å². The summed E-state index contributed by atoms with van der Waals surface area (Å²) in [6.07, 6.45) is 3.83. The molecule has 0 amide bonds. The van der Waals surface area contributed by atoms with Crippen LogP contribution in [0.25, 0.3) is 11.0 Å². The van der Waals surface area contributed by atoms with Crippen molar-refractivity contribution in [2.75, 3.05) is 6.61 Å². The first-order valence-electron chi connectivity index (χ1n) is 5.53. The molecule has 0 bridgehead atoms. The Bertz CT molecular complexity index is 572. The number of nitrogens with zero attached hydrogens (tertiary/aromatic N) is 2. The van der Waals surface area contributed by atoms with Gasteiger partial charge in [0.25, 0.3) is 0 Å². The summed E-state index contributed by atoms with van der Waals surface area (Å²) in [5, 5.41) is 7.33. The second kappa shape index (κ2) is 3.81. The molecule has 3 rings (SSSR count). The van der Waals surface area contributed by atoms with Crippen LogP contribution in [0.3, 0.4) is 0 Å². The van der Waals surface area contributed by atoms with Crippen molar-refractivity contribution >= 4 is 16.9 Å². The number of hydrogen-bond acceptors (Lipinski definition) is 4. The zero-order valence-corrected chi connectivity index (χ0v) is 9.23. The molecule has 1 unspecified atom stereocenters. The third-order valence-corrected chi connectivity index (χ3v) is 2.91. The van der Waals surface area contributed by atoms with Gasteiger partial charge in [0.2, 0.25) is 0 Å². The number of aromatic nitrogens is 3. The third-order valence-electron chi connectivity index (χ3n) is 2.91. The Morgan fingerprint density at radius 3 is 3.12 bits per heavy atom. The molecule has 3 heterocycles. The Morgan fingerprint density at radius 2 is 2.47 bits per heavy atom. The van der Waals surface area contributed by atoms with E-state index in [1.54, 1.807) is 12.3 Å². The van der Waals surface area contributed by atoms with Crippen molar-refractivity contribution < 1.29 is 4.74 Å². The van der Waals surface area contributed by atoms with Gasteiger partial charge in [0.05, 0.1) is 23.3 Å². The van der Waals surface area contributed by atoms with Crippen LogP contribution in [-0.2, 0) is 11.2 Å². The molecule has 0 aliphatic carbocycles. The molecule has 6 nitrogen and oxygen atoms in total. The number of ether oxygens (including phenoxy) is 1. The first-order chi connectivity index (χ1) is 8.22. The maximum absolute atomic E-state index is 7.33. The van der Waals surface area contributed by atoms with Gasteiger partial charge in [0.15, 0.2) is 0 Å². The molecule has 2 aromatic rings. The van der Waals surface area contributed by atoms with E-state index in [4.69, 9.17) is 15.9 Å². The summed E-state index contributed by atoms with van der Waals surface area (Å²) in [7, 11) is 0. The van der Waals surface area contributed by atoms with Gasteiger partial charge in [-0.05, 0) is 12.5 Å². The van der Waals surface area contributed by atoms with Gasteiger partial charge in [0, 0.05) is 13.0 Å². The van der Waals surface area contributed by atoms with E-state index in [-0.39, 0.29) is 11.9 Å². The highest BCUT2D eigenvalue weighted by Crippen LogP contribution is 2.18. The number of fused-ring (bicyclic) bond motifs is 1. The van der Waals surface area contributed by atoms with E-state index in [0.29, 0.717) is 5.69 Å². The molecule has 6 heteroatoms. The number of aromatic amines is 1. The molecule has 1 aliphatic heterocycles. The van der Waals surface area contributed by atoms with Crippen LogP contribution in [0.15, 0.2) is 12.3 Å². The lowest BCUT2D eigenvalue weighted by molar-refractivity contribution is -0.0500. The third kappa shape index (κ3) is 1.87. The maximum atomic E-state index is 7.33. The molecule has 0 aromatic carbocycles. The average molecular weight is 231 g/mol. The van der Waals surface area contributed by atoms with Gasteiger partial charge in [-0.2, -0.15) is 0 Å². The summed E-state index contributed by atoms with van der Waals surface area (Å²) in [4.78, 5) is 11.7. The van der Waals surface area contributed by atoms with Crippen molar-refractivity contribution in [2.45, 2.75) is 18.9 Å². The van der Waals surface area contributed by atoms with Crippen molar-refractivity contribution in [1.29, 1.82) is 5.41 Å². The van der Waals surface area contributed by atoms with E-state index in [0.717, 1.165) is 36.3 Å². The summed E-state index contributed by atoms with van der Waals surface area (Å²) >= 11 is 0. The van der Waals surface area contributed by atoms with E-state index >= 15 is 0 Å². The average Bonchev–Trinajstić information content (AvgIpc) is 2.64. The number of H-pyrrole nitrogens is 1. The lowest BCUT2D eigenvalue weighted by Crippen LogP contribution is -2.29. The monoisotopic (exact) mass is 231 g/mol. The summed E-state index contributed by atoms with van der Waals surface area (Å²) in [5.74, 6) is 0.853. The van der Waals surface area contributed by atoms with Crippen molar-refractivity contribution in [3.8, 4) is 0 Å². The molecular formula is C11H13N5O. The minimum Gasteiger partial charge on any atom is -0.382 e. The number of amidine groups is 1. The van der Waals surface area contributed by atoms with Crippen molar-refractivity contribution in [3.05, 3.63) is 23.8 Å². The smallest absolute Gasteiger partial charge is 0.141 e. The van der Waals surface area contributed by atoms with Gasteiger partial charge in [0.1, 0.15) is 17.4 Å². The second-order valence-corrected chi connectivity index (χ2v) is 4.17. The first-order valence-corrected chi connectivity index (χ1v) is 5.53. The fraction of sp³-hybridized carbons (Fsp3) is 0.364. The van der Waals surface area contributed by atoms with Crippen molar-refractivity contribution in [1.82, 2.24) is 15.0 Å². The Labute approximate surface area is 97.7 Å². The molecule has 0 spiro atoms. The number of rotatable bonds is 3. The molecule has 0 radical (unpaired) electrons. The molecule has 1 fully saturated rings. The first kappa shape index (κ1) is 10.2. The van der Waals surface area contributed by atoms with Gasteiger partial charge >= 0.3 is 0 Å². The van der Waals surface area contributed by atoms with Crippen molar-refractivity contribution in [2.24, 2.45) is 5.73 Å². The van der Waals surface area contributed by atoms with Crippen LogP contribution in [0.4, 0.5) is 0 Å². The van der Waals surface area contributed by atoms with Crippen LogP contribution in [-0.4, -0.2) is 33.5 Å². The second-order valence-electron chi connectivity index (χ2n) is 4.17. The summed E-state index contributed by atoms with van der Waals surface area (Å²) < 4.78 is 5.36. The predicted octanol–water partition coefficient (Wildman–Crippen LogP) is 0.573. The van der Waals surface area contributed by atoms with Crippen LogP contribution in [0, 0.1) is 5.41 Å². The van der Waals surface area contributed by atoms with Gasteiger partial charge in [-0.3, -0.25) is 10.4 Å². The van der Waals surface area contributed by atoms with Crippen LogP contribution in [0.2, 0.25) is 0 Å². The highest BCUT2D eigenvalue weighted by molar-refractivity contribution is 5.95. The van der Waals surface area contributed by atoms with Gasteiger partial charge < -0.3 is 15.5 Å².